The summed E-state index contributed by atoms with van der Waals surface area (Å²) in [4.78, 5) is 0.125. The molecule has 0 atom stereocenters. The average Bonchev–Trinajstić information content (AvgIpc) is 2.45. The lowest BCUT2D eigenvalue weighted by Gasteiger charge is -2.18. The van der Waals surface area contributed by atoms with Crippen LogP contribution in [0, 0.1) is 11.8 Å². The number of sulfonamides is 1. The largest absolute Gasteiger partial charge is 0.495 e. The Morgan fingerprint density at radius 3 is 2.65 bits per heavy atom. The fourth-order valence-electron chi connectivity index (χ4n) is 1.71. The number of hydrogen-bond donors (Lipinski definition) is 1. The summed E-state index contributed by atoms with van der Waals surface area (Å²) in [7, 11) is -0.586. The number of nitrogens with two attached hydrogens (primary N) is 1. The minimum atomic E-state index is -3.58. The zero-order valence-electron chi connectivity index (χ0n) is 12.0. The maximum absolute atomic E-state index is 12.5. The van der Waals surface area contributed by atoms with Crippen LogP contribution >= 0.6 is 0 Å². The summed E-state index contributed by atoms with van der Waals surface area (Å²) in [6, 6.07) is 4.83. The first-order valence-corrected chi connectivity index (χ1v) is 7.74. The van der Waals surface area contributed by atoms with E-state index in [1.54, 1.807) is 19.2 Å². The monoisotopic (exact) mass is 296 g/mol. The molecule has 0 spiro atoms. The Morgan fingerprint density at radius 1 is 1.40 bits per heavy atom. The topological polar surface area (TPSA) is 72.6 Å². The number of nitrogens with zero attached hydrogens (tertiary/aromatic N) is 1. The highest BCUT2D eigenvalue weighted by Gasteiger charge is 2.24. The molecule has 0 amide bonds. The summed E-state index contributed by atoms with van der Waals surface area (Å²) in [6.07, 6.45) is 0.741. The van der Waals surface area contributed by atoms with Crippen molar-refractivity contribution in [2.45, 2.75) is 18.2 Å². The molecule has 2 N–H and O–H groups in total. The quantitative estimate of drug-likeness (QED) is 0.824. The highest BCUT2D eigenvalue weighted by Crippen LogP contribution is 2.27. The molecule has 0 saturated heterocycles. The van der Waals surface area contributed by atoms with Crippen LogP contribution in [0.3, 0.4) is 0 Å². The van der Waals surface area contributed by atoms with E-state index in [1.165, 1.54) is 17.5 Å². The van der Waals surface area contributed by atoms with Crippen molar-refractivity contribution < 1.29 is 13.2 Å². The van der Waals surface area contributed by atoms with Gasteiger partial charge in [0.05, 0.1) is 13.7 Å². The van der Waals surface area contributed by atoms with E-state index in [0.717, 1.165) is 6.42 Å². The third kappa shape index (κ3) is 3.73. The average molecular weight is 296 g/mol. The van der Waals surface area contributed by atoms with E-state index < -0.39 is 10.0 Å². The van der Waals surface area contributed by atoms with Gasteiger partial charge in [-0.15, -0.1) is 0 Å². The van der Waals surface area contributed by atoms with Crippen LogP contribution in [0.2, 0.25) is 0 Å². The van der Waals surface area contributed by atoms with E-state index in [9.17, 15) is 8.42 Å². The summed E-state index contributed by atoms with van der Waals surface area (Å²) in [6.45, 7) is 2.60. The number of ether oxygens (including phenoxy) is 1. The van der Waals surface area contributed by atoms with Gasteiger partial charge in [-0.1, -0.05) is 18.8 Å². The van der Waals surface area contributed by atoms with E-state index in [-0.39, 0.29) is 11.4 Å². The molecule has 0 heterocycles. The zero-order valence-corrected chi connectivity index (χ0v) is 12.8. The first-order chi connectivity index (χ1) is 9.47. The van der Waals surface area contributed by atoms with Gasteiger partial charge in [-0.05, 0) is 24.6 Å². The smallest absolute Gasteiger partial charge is 0.246 e. The first kappa shape index (κ1) is 16.5. The van der Waals surface area contributed by atoms with Crippen molar-refractivity contribution in [1.82, 2.24) is 4.31 Å². The molecule has 0 fully saturated rings. The summed E-state index contributed by atoms with van der Waals surface area (Å²) < 4.78 is 31.5. The van der Waals surface area contributed by atoms with Crippen molar-refractivity contribution in [2.75, 3.05) is 27.2 Å². The van der Waals surface area contributed by atoms with Crippen molar-refractivity contribution in [3.8, 4) is 17.6 Å². The van der Waals surface area contributed by atoms with Gasteiger partial charge in [0.2, 0.25) is 10.0 Å². The Morgan fingerprint density at radius 2 is 2.10 bits per heavy atom. The lowest BCUT2D eigenvalue weighted by molar-refractivity contribution is 0.398. The summed E-state index contributed by atoms with van der Waals surface area (Å²) in [5.41, 5.74) is 5.92. The van der Waals surface area contributed by atoms with Gasteiger partial charge in [0.15, 0.2) is 0 Å². The van der Waals surface area contributed by atoms with Gasteiger partial charge >= 0.3 is 0 Å². The molecular weight excluding hydrogens is 276 g/mol. The number of rotatable bonds is 5. The Kier molecular flexibility index (Phi) is 6.02. The molecule has 1 aromatic rings. The van der Waals surface area contributed by atoms with Crippen LogP contribution in [-0.2, 0) is 10.0 Å². The third-order valence-corrected chi connectivity index (χ3v) is 4.60. The Labute approximate surface area is 120 Å². The molecule has 0 radical (unpaired) electrons. The molecule has 0 aliphatic heterocycles. The van der Waals surface area contributed by atoms with Crippen LogP contribution in [-0.4, -0.2) is 40.0 Å². The van der Waals surface area contributed by atoms with Crippen molar-refractivity contribution in [3.63, 3.8) is 0 Å². The molecule has 110 valence electrons. The third-order valence-electron chi connectivity index (χ3n) is 2.73. The van der Waals surface area contributed by atoms with Crippen LogP contribution in [0.5, 0.6) is 5.75 Å². The fourth-order valence-corrected chi connectivity index (χ4v) is 3.15. The molecule has 0 aliphatic rings. The zero-order chi connectivity index (χ0) is 15.2. The standard InChI is InChI=1S/C14H20N2O3S/c1-4-10-16(2)20(17,18)14-11-12(6-5-9-15)7-8-13(14)19-3/h7-8,11H,4,9-10,15H2,1-3H3. The number of benzene rings is 1. The molecule has 0 bridgehead atoms. The first-order valence-electron chi connectivity index (χ1n) is 6.30. The van der Waals surface area contributed by atoms with E-state index in [1.807, 2.05) is 6.92 Å². The second-order valence-electron chi connectivity index (χ2n) is 4.20. The maximum Gasteiger partial charge on any atom is 0.246 e. The van der Waals surface area contributed by atoms with E-state index in [0.29, 0.717) is 17.9 Å². The van der Waals surface area contributed by atoms with Gasteiger partial charge in [0, 0.05) is 19.2 Å². The maximum atomic E-state index is 12.5. The molecule has 20 heavy (non-hydrogen) atoms. The fraction of sp³-hybridized carbons (Fsp3) is 0.429. The highest BCUT2D eigenvalue weighted by molar-refractivity contribution is 7.89. The second kappa shape index (κ2) is 7.29. The Hall–Kier alpha value is -1.55. The summed E-state index contributed by atoms with van der Waals surface area (Å²) in [5, 5.41) is 0. The van der Waals surface area contributed by atoms with Gasteiger partial charge in [0.25, 0.3) is 0 Å². The molecule has 5 nitrogen and oxygen atoms in total. The lowest BCUT2D eigenvalue weighted by atomic mass is 10.2. The molecule has 0 aliphatic carbocycles. The number of hydrogen-bond acceptors (Lipinski definition) is 4. The minimum Gasteiger partial charge on any atom is -0.495 e. The van der Waals surface area contributed by atoms with E-state index >= 15 is 0 Å². The molecule has 0 saturated carbocycles. The van der Waals surface area contributed by atoms with Crippen LogP contribution in [0.15, 0.2) is 23.1 Å². The molecule has 6 heteroatoms. The molecule has 0 unspecified atom stereocenters. The summed E-state index contributed by atoms with van der Waals surface area (Å²) >= 11 is 0. The molecule has 1 aromatic carbocycles. The number of methoxy groups -OCH3 is 1. The lowest BCUT2D eigenvalue weighted by Crippen LogP contribution is -2.28. The van der Waals surface area contributed by atoms with Crippen molar-refractivity contribution in [2.24, 2.45) is 5.73 Å². The van der Waals surface area contributed by atoms with Gasteiger partial charge in [-0.2, -0.15) is 0 Å². The predicted molar refractivity (Wildman–Crippen MR) is 79.0 cm³/mol. The van der Waals surface area contributed by atoms with Crippen molar-refractivity contribution in [3.05, 3.63) is 23.8 Å². The molecular formula is C14H20N2O3S. The van der Waals surface area contributed by atoms with Crippen LogP contribution in [0.4, 0.5) is 0 Å². The summed E-state index contributed by atoms with van der Waals surface area (Å²) in [5.74, 6) is 5.84. The SMILES string of the molecule is CCCN(C)S(=O)(=O)c1cc(C#CCN)ccc1OC. The van der Waals surface area contributed by atoms with E-state index in [2.05, 4.69) is 11.8 Å². The van der Waals surface area contributed by atoms with Crippen LogP contribution < -0.4 is 10.5 Å². The minimum absolute atomic E-state index is 0.125. The normalized spacial score (nSPS) is 11.1. The predicted octanol–water partition coefficient (Wildman–Crippen LogP) is 1.04. The molecule has 1 rings (SSSR count). The van der Waals surface area contributed by atoms with Crippen LogP contribution in [0.1, 0.15) is 18.9 Å². The van der Waals surface area contributed by atoms with Gasteiger partial charge in [-0.25, -0.2) is 12.7 Å². The highest BCUT2D eigenvalue weighted by atomic mass is 32.2. The van der Waals surface area contributed by atoms with Gasteiger partial charge in [-0.3, -0.25) is 0 Å². The molecule has 0 aromatic heterocycles. The Bertz CT molecular complexity index is 615. The van der Waals surface area contributed by atoms with Gasteiger partial charge < -0.3 is 10.5 Å². The Balaban J connectivity index is 3.33. The second-order valence-corrected chi connectivity index (χ2v) is 6.21. The van der Waals surface area contributed by atoms with Crippen molar-refractivity contribution >= 4 is 10.0 Å². The van der Waals surface area contributed by atoms with Crippen LogP contribution in [0.25, 0.3) is 0 Å². The van der Waals surface area contributed by atoms with Crippen molar-refractivity contribution in [1.29, 1.82) is 0 Å². The van der Waals surface area contributed by atoms with E-state index in [4.69, 9.17) is 10.5 Å². The van der Waals surface area contributed by atoms with Gasteiger partial charge in [0.1, 0.15) is 10.6 Å².